The minimum atomic E-state index is -4.00. The van der Waals surface area contributed by atoms with E-state index in [-0.39, 0.29) is 22.2 Å². The molecule has 0 spiro atoms. The van der Waals surface area contributed by atoms with Crippen molar-refractivity contribution in [3.8, 4) is 17.2 Å². The zero-order valence-electron chi connectivity index (χ0n) is 19.7. The number of ether oxygens (including phenoxy) is 2. The Balaban J connectivity index is 1.83. The minimum absolute atomic E-state index is 0.130. The first kappa shape index (κ1) is 23.4. The molecule has 2 heterocycles. The third-order valence-electron chi connectivity index (χ3n) is 5.49. The lowest BCUT2D eigenvalue weighted by atomic mass is 10.2. The fraction of sp³-hybridized carbons (Fsp3) is 0.304. The molecular weight excluding hydrogens is 458 g/mol. The molecule has 0 fully saturated rings. The summed E-state index contributed by atoms with van der Waals surface area (Å²) in [6.45, 7) is 4.46. The van der Waals surface area contributed by atoms with E-state index < -0.39 is 10.0 Å². The second-order valence-electron chi connectivity index (χ2n) is 8.05. The van der Waals surface area contributed by atoms with Crippen molar-refractivity contribution in [3.63, 3.8) is 0 Å². The number of rotatable bonds is 8. The topological polar surface area (TPSA) is 109 Å². The number of aromatic nitrogens is 4. The predicted molar refractivity (Wildman–Crippen MR) is 129 cm³/mol. The molecule has 0 bridgehead atoms. The first-order valence-corrected chi connectivity index (χ1v) is 12.2. The molecule has 180 valence electrons. The van der Waals surface area contributed by atoms with Crippen LogP contribution in [0.3, 0.4) is 0 Å². The van der Waals surface area contributed by atoms with Gasteiger partial charge < -0.3 is 14.0 Å². The van der Waals surface area contributed by atoms with Crippen LogP contribution in [0, 0.1) is 6.92 Å². The number of hydrogen-bond acceptors (Lipinski definition) is 6. The summed E-state index contributed by atoms with van der Waals surface area (Å²) >= 11 is 0. The third-order valence-corrected chi connectivity index (χ3v) is 6.74. The van der Waals surface area contributed by atoms with Gasteiger partial charge in [-0.1, -0.05) is 13.0 Å². The molecule has 0 aliphatic rings. The second kappa shape index (κ2) is 8.90. The summed E-state index contributed by atoms with van der Waals surface area (Å²) in [7, 11) is 0.955. The van der Waals surface area contributed by atoms with Crippen molar-refractivity contribution in [1.29, 1.82) is 0 Å². The van der Waals surface area contributed by atoms with Crippen LogP contribution >= 0.6 is 0 Å². The Morgan fingerprint density at radius 1 is 1.03 bits per heavy atom. The molecule has 0 saturated heterocycles. The lowest BCUT2D eigenvalue weighted by molar-refractivity contribution is 0.313. The smallest absolute Gasteiger partial charge is 0.328 e. The number of nitrogens with one attached hydrogen (secondary N) is 1. The first-order valence-electron chi connectivity index (χ1n) is 10.7. The molecular formula is C23H27N5O5S. The highest BCUT2D eigenvalue weighted by Crippen LogP contribution is 2.37. The summed E-state index contributed by atoms with van der Waals surface area (Å²) in [6.07, 6.45) is 3.67. The highest BCUT2D eigenvalue weighted by atomic mass is 32.2. The predicted octanol–water partition coefficient (Wildman–Crippen LogP) is 3.30. The van der Waals surface area contributed by atoms with Crippen LogP contribution in [-0.2, 0) is 31.2 Å². The van der Waals surface area contributed by atoms with Crippen molar-refractivity contribution in [1.82, 2.24) is 18.7 Å². The van der Waals surface area contributed by atoms with Crippen LogP contribution in [-0.4, -0.2) is 33.7 Å². The monoisotopic (exact) mass is 485 g/mol. The SMILES string of the molecule is CCCOc1cccc(Oc2cc3c(cc2NS(=O)(=O)c2cn(C)cn2)n(C)c(=O)n3C)c1C. The average Bonchev–Trinajstić information content (AvgIpc) is 3.33. The fourth-order valence-electron chi connectivity index (χ4n) is 3.61. The number of sulfonamides is 1. The van der Waals surface area contributed by atoms with E-state index in [0.717, 1.165) is 12.0 Å². The van der Waals surface area contributed by atoms with Crippen LogP contribution in [0.5, 0.6) is 17.2 Å². The van der Waals surface area contributed by atoms with Crippen molar-refractivity contribution in [3.05, 3.63) is 58.9 Å². The lowest BCUT2D eigenvalue weighted by Gasteiger charge is -2.16. The van der Waals surface area contributed by atoms with Gasteiger partial charge in [0.25, 0.3) is 10.0 Å². The van der Waals surface area contributed by atoms with Crippen molar-refractivity contribution in [2.24, 2.45) is 21.1 Å². The number of hydrogen-bond donors (Lipinski definition) is 1. The van der Waals surface area contributed by atoms with Gasteiger partial charge in [0.15, 0.2) is 10.8 Å². The number of imidazole rings is 2. The molecule has 11 heteroatoms. The number of anilines is 1. The summed E-state index contributed by atoms with van der Waals surface area (Å²) in [6, 6.07) is 8.67. The van der Waals surface area contributed by atoms with Gasteiger partial charge in [0, 0.05) is 39.0 Å². The van der Waals surface area contributed by atoms with Crippen molar-refractivity contribution in [2.45, 2.75) is 25.3 Å². The van der Waals surface area contributed by atoms with E-state index in [1.165, 1.54) is 21.7 Å². The molecule has 2 aromatic heterocycles. The summed E-state index contributed by atoms with van der Waals surface area (Å²) in [4.78, 5) is 16.4. The highest BCUT2D eigenvalue weighted by molar-refractivity contribution is 7.92. The van der Waals surface area contributed by atoms with Gasteiger partial charge in [-0.15, -0.1) is 0 Å². The number of nitrogens with zero attached hydrogens (tertiary/aromatic N) is 4. The maximum atomic E-state index is 13.0. The Labute approximate surface area is 197 Å². The Morgan fingerprint density at radius 2 is 1.71 bits per heavy atom. The zero-order valence-corrected chi connectivity index (χ0v) is 20.5. The maximum absolute atomic E-state index is 13.0. The van der Waals surface area contributed by atoms with Crippen molar-refractivity contribution < 1.29 is 17.9 Å². The second-order valence-corrected chi connectivity index (χ2v) is 9.68. The Kier molecular flexibility index (Phi) is 6.13. The zero-order chi connectivity index (χ0) is 24.6. The van der Waals surface area contributed by atoms with E-state index in [0.29, 0.717) is 29.1 Å². The summed E-state index contributed by atoms with van der Waals surface area (Å²) in [5.41, 5.74) is 1.86. The van der Waals surface area contributed by atoms with E-state index in [4.69, 9.17) is 9.47 Å². The van der Waals surface area contributed by atoms with Crippen LogP contribution in [0.4, 0.5) is 5.69 Å². The molecule has 4 rings (SSSR count). The first-order chi connectivity index (χ1) is 16.1. The van der Waals surface area contributed by atoms with Gasteiger partial charge in [-0.3, -0.25) is 13.9 Å². The van der Waals surface area contributed by atoms with Gasteiger partial charge in [-0.25, -0.2) is 9.78 Å². The third kappa shape index (κ3) is 4.26. The van der Waals surface area contributed by atoms with E-state index in [1.54, 1.807) is 43.9 Å². The Morgan fingerprint density at radius 3 is 2.35 bits per heavy atom. The molecule has 1 N–H and O–H groups in total. The molecule has 0 aliphatic heterocycles. The van der Waals surface area contributed by atoms with Gasteiger partial charge in [0.1, 0.15) is 11.5 Å². The van der Waals surface area contributed by atoms with Gasteiger partial charge >= 0.3 is 5.69 Å². The molecule has 0 unspecified atom stereocenters. The molecule has 0 saturated carbocycles. The lowest BCUT2D eigenvalue weighted by Crippen LogP contribution is -2.19. The summed E-state index contributed by atoms with van der Waals surface area (Å²) < 4.78 is 45.1. The van der Waals surface area contributed by atoms with Crippen LogP contribution < -0.4 is 19.9 Å². The van der Waals surface area contributed by atoms with E-state index in [2.05, 4.69) is 9.71 Å². The van der Waals surface area contributed by atoms with Gasteiger partial charge in [-0.2, -0.15) is 8.42 Å². The number of benzene rings is 2. The quantitative estimate of drug-likeness (QED) is 0.410. The summed E-state index contributed by atoms with van der Waals surface area (Å²) in [5, 5.41) is -0.130. The molecule has 34 heavy (non-hydrogen) atoms. The van der Waals surface area contributed by atoms with Crippen LogP contribution in [0.15, 0.2) is 52.7 Å². The van der Waals surface area contributed by atoms with Crippen molar-refractivity contribution in [2.75, 3.05) is 11.3 Å². The van der Waals surface area contributed by atoms with Crippen LogP contribution in [0.2, 0.25) is 0 Å². The standard InChI is InChI=1S/C23H27N5O5S/c1-6-10-32-19-8-7-9-20(15(19)2)33-21-12-18-17(27(4)23(29)28(18)5)11-16(21)25-34(30,31)22-13-26(3)14-24-22/h7-9,11-14,25H,6,10H2,1-5H3. The van der Waals surface area contributed by atoms with E-state index in [9.17, 15) is 13.2 Å². The van der Waals surface area contributed by atoms with E-state index in [1.807, 2.05) is 26.0 Å². The highest BCUT2D eigenvalue weighted by Gasteiger charge is 2.22. The normalized spacial score (nSPS) is 11.7. The number of fused-ring (bicyclic) bond motifs is 1. The van der Waals surface area contributed by atoms with Gasteiger partial charge in [0.05, 0.1) is 29.7 Å². The molecule has 2 aromatic carbocycles. The Hall–Kier alpha value is -3.73. The maximum Gasteiger partial charge on any atom is 0.328 e. The molecule has 0 radical (unpaired) electrons. The summed E-state index contributed by atoms with van der Waals surface area (Å²) in [5.74, 6) is 1.43. The molecule has 0 atom stereocenters. The van der Waals surface area contributed by atoms with Crippen LogP contribution in [0.1, 0.15) is 18.9 Å². The largest absolute Gasteiger partial charge is 0.493 e. The van der Waals surface area contributed by atoms with Gasteiger partial charge in [0.2, 0.25) is 0 Å². The average molecular weight is 486 g/mol. The Bertz CT molecular complexity index is 1530. The van der Waals surface area contributed by atoms with Gasteiger partial charge in [-0.05, 0) is 31.5 Å². The molecule has 0 aliphatic carbocycles. The van der Waals surface area contributed by atoms with Crippen molar-refractivity contribution >= 4 is 26.7 Å². The molecule has 10 nitrogen and oxygen atoms in total. The molecule has 0 amide bonds. The molecule has 4 aromatic rings. The number of aryl methyl sites for hydroxylation is 3. The minimum Gasteiger partial charge on any atom is -0.493 e. The fourth-order valence-corrected chi connectivity index (χ4v) is 4.65. The van der Waals surface area contributed by atoms with Crippen LogP contribution in [0.25, 0.3) is 11.0 Å². The van der Waals surface area contributed by atoms with E-state index >= 15 is 0 Å².